The second kappa shape index (κ2) is 4.86. The number of carbonyl (C=O) groups is 2. The minimum absolute atomic E-state index is 0.00788. The molecule has 24 heavy (non-hydrogen) atoms. The number of hydrazone groups is 1. The van der Waals surface area contributed by atoms with E-state index in [9.17, 15) is 9.59 Å². The minimum Gasteiger partial charge on any atom is -0.374 e. The molecule has 1 N–H and O–H groups in total. The standard InChI is InChI=1S/C17H18N4O3/c1-8-4-15(22)21(20-8)14-3-2-9(7-18-14)19-17(23)12-6-13-10-5-11(10)16(12)24-13/h2-3,7,10-13,16H,4-6H2,1H3,(H,19,23)/t10-,11+,12-,13+,16+/m1/s1. The number of pyridine rings is 1. The van der Waals surface area contributed by atoms with Crippen LogP contribution in [0.2, 0.25) is 0 Å². The SMILES string of the molecule is CC1=NN(c2ccc(NC(=O)[C@@H]3C[C@@H]4O[C@H]3[C@H]3C[C@H]34)cn2)C(=O)C1. The molecule has 3 fully saturated rings. The molecule has 2 saturated heterocycles. The van der Waals surface area contributed by atoms with Crippen molar-refractivity contribution in [2.24, 2.45) is 22.9 Å². The molecule has 1 aromatic heterocycles. The molecule has 0 aromatic carbocycles. The van der Waals surface area contributed by atoms with Crippen LogP contribution in [0.4, 0.5) is 11.5 Å². The van der Waals surface area contributed by atoms with E-state index in [0.717, 1.165) is 12.1 Å². The highest BCUT2D eigenvalue weighted by Crippen LogP contribution is 2.60. The van der Waals surface area contributed by atoms with Gasteiger partial charge in [-0.15, -0.1) is 0 Å². The Morgan fingerprint density at radius 1 is 1.33 bits per heavy atom. The maximum absolute atomic E-state index is 12.5. The van der Waals surface area contributed by atoms with E-state index in [4.69, 9.17) is 4.74 Å². The first kappa shape index (κ1) is 14.1. The number of hydrogen-bond donors (Lipinski definition) is 1. The first-order valence-corrected chi connectivity index (χ1v) is 8.39. The van der Waals surface area contributed by atoms with Crippen molar-refractivity contribution in [1.82, 2.24) is 4.98 Å². The maximum Gasteiger partial charge on any atom is 0.254 e. The number of rotatable bonds is 3. The molecule has 2 bridgehead atoms. The summed E-state index contributed by atoms with van der Waals surface area (Å²) in [5.41, 5.74) is 1.40. The maximum atomic E-state index is 12.5. The second-order valence-corrected chi connectivity index (χ2v) is 7.16. The smallest absolute Gasteiger partial charge is 0.254 e. The summed E-state index contributed by atoms with van der Waals surface area (Å²) in [5, 5.41) is 8.39. The first-order chi connectivity index (χ1) is 11.6. The molecule has 124 valence electrons. The van der Waals surface area contributed by atoms with Gasteiger partial charge < -0.3 is 10.1 Å². The molecule has 3 aliphatic heterocycles. The Kier molecular flexibility index (Phi) is 2.85. The number of nitrogens with zero attached hydrogens (tertiary/aromatic N) is 3. The Balaban J connectivity index is 1.27. The van der Waals surface area contributed by atoms with Crippen molar-refractivity contribution in [2.45, 2.75) is 38.4 Å². The van der Waals surface area contributed by atoms with Crippen LogP contribution in [0.5, 0.6) is 0 Å². The highest BCUT2D eigenvalue weighted by atomic mass is 16.5. The minimum atomic E-state index is -0.0881. The normalized spacial score (nSPS) is 35.9. The zero-order chi connectivity index (χ0) is 16.4. The van der Waals surface area contributed by atoms with E-state index in [0.29, 0.717) is 35.9 Å². The van der Waals surface area contributed by atoms with Crippen molar-refractivity contribution >= 4 is 29.0 Å². The predicted octanol–water partition coefficient (Wildman–Crippen LogP) is 1.56. The van der Waals surface area contributed by atoms with Crippen molar-refractivity contribution in [3.63, 3.8) is 0 Å². The molecule has 5 rings (SSSR count). The molecule has 4 aliphatic rings. The van der Waals surface area contributed by atoms with E-state index in [1.807, 2.05) is 6.92 Å². The van der Waals surface area contributed by atoms with Gasteiger partial charge in [0, 0.05) is 5.71 Å². The van der Waals surface area contributed by atoms with E-state index >= 15 is 0 Å². The Bertz CT molecular complexity index is 760. The van der Waals surface area contributed by atoms with Crippen LogP contribution < -0.4 is 10.3 Å². The number of aromatic nitrogens is 1. The van der Waals surface area contributed by atoms with E-state index < -0.39 is 0 Å². The van der Waals surface area contributed by atoms with Gasteiger partial charge in [0.2, 0.25) is 5.91 Å². The molecule has 5 atom stereocenters. The molecular formula is C17H18N4O3. The molecular weight excluding hydrogens is 308 g/mol. The van der Waals surface area contributed by atoms with Gasteiger partial charge in [-0.05, 0) is 43.7 Å². The molecule has 7 heteroatoms. The number of fused-ring (bicyclic) bond motifs is 5. The van der Waals surface area contributed by atoms with Crippen LogP contribution in [0.3, 0.4) is 0 Å². The Morgan fingerprint density at radius 2 is 2.21 bits per heavy atom. The van der Waals surface area contributed by atoms with Gasteiger partial charge in [0.25, 0.3) is 5.91 Å². The highest BCUT2D eigenvalue weighted by Gasteiger charge is 2.64. The molecule has 1 aromatic rings. The van der Waals surface area contributed by atoms with Crippen LogP contribution >= 0.6 is 0 Å². The number of nitrogens with one attached hydrogen (secondary N) is 1. The molecule has 7 nitrogen and oxygen atoms in total. The van der Waals surface area contributed by atoms with Crippen molar-refractivity contribution in [3.8, 4) is 0 Å². The Hall–Kier alpha value is -2.28. The number of hydrogen-bond acceptors (Lipinski definition) is 5. The second-order valence-electron chi connectivity index (χ2n) is 7.16. The fraction of sp³-hybridized carbons (Fsp3) is 0.529. The highest BCUT2D eigenvalue weighted by molar-refractivity contribution is 6.11. The van der Waals surface area contributed by atoms with Gasteiger partial charge in [0.15, 0.2) is 5.82 Å². The molecule has 0 unspecified atom stereocenters. The fourth-order valence-corrected chi connectivity index (χ4v) is 4.26. The lowest BCUT2D eigenvalue weighted by Gasteiger charge is -2.18. The number of anilines is 2. The number of carbonyl (C=O) groups excluding carboxylic acids is 2. The van der Waals surface area contributed by atoms with Crippen LogP contribution in [0.1, 0.15) is 26.2 Å². The number of ether oxygens (including phenoxy) is 1. The van der Waals surface area contributed by atoms with E-state index in [2.05, 4.69) is 15.4 Å². The average molecular weight is 326 g/mol. The third-order valence-electron chi connectivity index (χ3n) is 5.49. The van der Waals surface area contributed by atoms with Gasteiger partial charge in [0.1, 0.15) is 0 Å². The summed E-state index contributed by atoms with van der Waals surface area (Å²) in [6.07, 6.45) is 4.34. The summed E-state index contributed by atoms with van der Waals surface area (Å²) in [4.78, 5) is 28.6. The van der Waals surface area contributed by atoms with Crippen molar-refractivity contribution in [2.75, 3.05) is 10.3 Å². The van der Waals surface area contributed by atoms with E-state index in [-0.39, 0.29) is 23.8 Å². The van der Waals surface area contributed by atoms with Crippen LogP contribution in [0, 0.1) is 17.8 Å². The summed E-state index contributed by atoms with van der Waals surface area (Å²) in [6.45, 7) is 1.81. The zero-order valence-electron chi connectivity index (χ0n) is 13.3. The third kappa shape index (κ3) is 2.07. The summed E-state index contributed by atoms with van der Waals surface area (Å²) in [5.74, 6) is 1.65. The third-order valence-corrected chi connectivity index (χ3v) is 5.49. The van der Waals surface area contributed by atoms with E-state index in [1.165, 1.54) is 11.4 Å². The molecule has 1 saturated carbocycles. The van der Waals surface area contributed by atoms with Gasteiger partial charge in [-0.25, -0.2) is 4.98 Å². The molecule has 0 radical (unpaired) electrons. The van der Waals surface area contributed by atoms with Gasteiger partial charge in [-0.3, -0.25) is 9.59 Å². The van der Waals surface area contributed by atoms with Crippen LogP contribution in [-0.2, 0) is 14.3 Å². The van der Waals surface area contributed by atoms with Gasteiger partial charge in [-0.2, -0.15) is 10.1 Å². The Labute approximate surface area is 139 Å². The fourth-order valence-electron chi connectivity index (χ4n) is 4.26. The first-order valence-electron chi connectivity index (χ1n) is 8.39. The monoisotopic (exact) mass is 326 g/mol. The van der Waals surface area contributed by atoms with Crippen molar-refractivity contribution in [1.29, 1.82) is 0 Å². The van der Waals surface area contributed by atoms with Crippen LogP contribution in [-0.4, -0.2) is 34.7 Å². The average Bonchev–Trinajstić information content (AvgIpc) is 3.00. The van der Waals surface area contributed by atoms with Crippen LogP contribution in [0.25, 0.3) is 0 Å². The van der Waals surface area contributed by atoms with Crippen molar-refractivity contribution < 1.29 is 14.3 Å². The van der Waals surface area contributed by atoms with E-state index in [1.54, 1.807) is 18.3 Å². The van der Waals surface area contributed by atoms with Gasteiger partial charge >= 0.3 is 0 Å². The number of amides is 2. The molecule has 4 heterocycles. The quantitative estimate of drug-likeness (QED) is 0.913. The summed E-state index contributed by atoms with van der Waals surface area (Å²) >= 11 is 0. The summed E-state index contributed by atoms with van der Waals surface area (Å²) in [7, 11) is 0. The predicted molar refractivity (Wildman–Crippen MR) is 86.4 cm³/mol. The summed E-state index contributed by atoms with van der Waals surface area (Å²) in [6, 6.07) is 3.45. The topological polar surface area (TPSA) is 83.9 Å². The van der Waals surface area contributed by atoms with Crippen molar-refractivity contribution in [3.05, 3.63) is 18.3 Å². The molecule has 0 spiro atoms. The molecule has 1 aliphatic carbocycles. The lowest BCUT2D eigenvalue weighted by Crippen LogP contribution is -2.32. The zero-order valence-corrected chi connectivity index (χ0v) is 13.3. The lowest BCUT2D eigenvalue weighted by atomic mass is 9.88. The molecule has 2 amide bonds. The largest absolute Gasteiger partial charge is 0.374 e. The van der Waals surface area contributed by atoms with Gasteiger partial charge in [0.05, 0.1) is 36.4 Å². The Morgan fingerprint density at radius 3 is 2.83 bits per heavy atom. The lowest BCUT2D eigenvalue weighted by molar-refractivity contribution is -0.121. The van der Waals surface area contributed by atoms with Crippen LogP contribution in [0.15, 0.2) is 23.4 Å². The summed E-state index contributed by atoms with van der Waals surface area (Å²) < 4.78 is 5.88. The van der Waals surface area contributed by atoms with Gasteiger partial charge in [-0.1, -0.05) is 0 Å².